The molecule has 2 heterocycles. The Labute approximate surface area is 168 Å². The van der Waals surface area contributed by atoms with E-state index in [4.69, 9.17) is 4.74 Å². The summed E-state index contributed by atoms with van der Waals surface area (Å²) in [6, 6.07) is 8.33. The Hall–Kier alpha value is -3.22. The average molecular weight is 392 g/mol. The van der Waals surface area contributed by atoms with Crippen LogP contribution in [-0.4, -0.2) is 27.6 Å². The molecule has 1 atom stereocenters. The fourth-order valence-corrected chi connectivity index (χ4v) is 3.82. The maximum atomic E-state index is 13.1. The number of carbonyl (C=O) groups excluding carboxylic acids is 1. The molecule has 1 aromatic carbocycles. The Balaban J connectivity index is 1.66. The molecule has 2 aromatic heterocycles. The number of anilines is 1. The fourth-order valence-electron chi connectivity index (χ4n) is 3.82. The maximum absolute atomic E-state index is 13.1. The second-order valence-electron chi connectivity index (χ2n) is 7.27. The molecule has 1 aliphatic carbocycles. The summed E-state index contributed by atoms with van der Waals surface area (Å²) >= 11 is 0. The van der Waals surface area contributed by atoms with Crippen LogP contribution in [0.1, 0.15) is 43.5 Å². The lowest BCUT2D eigenvalue weighted by Crippen LogP contribution is -2.33. The van der Waals surface area contributed by atoms with Crippen LogP contribution in [0.25, 0.3) is 11.0 Å². The summed E-state index contributed by atoms with van der Waals surface area (Å²) in [7, 11) is 1.59. The Morgan fingerprint density at radius 3 is 2.72 bits per heavy atom. The van der Waals surface area contributed by atoms with E-state index in [9.17, 15) is 9.59 Å². The zero-order valence-corrected chi connectivity index (χ0v) is 16.6. The van der Waals surface area contributed by atoms with Crippen molar-refractivity contribution >= 4 is 22.6 Å². The van der Waals surface area contributed by atoms with Crippen LogP contribution in [0.2, 0.25) is 0 Å². The van der Waals surface area contributed by atoms with Crippen LogP contribution >= 0.6 is 0 Å². The minimum atomic E-state index is -0.655. The van der Waals surface area contributed by atoms with Crippen molar-refractivity contribution in [3.8, 4) is 5.75 Å². The molecule has 1 amide bonds. The summed E-state index contributed by atoms with van der Waals surface area (Å²) < 4.78 is 6.55. The molecule has 0 radical (unpaired) electrons. The molecule has 0 unspecified atom stereocenters. The minimum absolute atomic E-state index is 0.229. The quantitative estimate of drug-likeness (QED) is 0.720. The molecule has 0 saturated carbocycles. The first-order valence-electron chi connectivity index (χ1n) is 9.95. The molecule has 0 saturated heterocycles. The van der Waals surface area contributed by atoms with Crippen molar-refractivity contribution in [3.63, 3.8) is 0 Å². The number of ether oxygens (including phenoxy) is 1. The minimum Gasteiger partial charge on any atom is -0.497 e. The number of nitrogens with one attached hydrogen (secondary N) is 1. The van der Waals surface area contributed by atoms with Gasteiger partial charge in [-0.15, -0.1) is 0 Å². The Morgan fingerprint density at radius 1 is 1.24 bits per heavy atom. The zero-order chi connectivity index (χ0) is 20.4. The van der Waals surface area contributed by atoms with Gasteiger partial charge in [-0.05, 0) is 68.0 Å². The molecule has 4 rings (SSSR count). The normalized spacial score (nSPS) is 14.3. The summed E-state index contributed by atoms with van der Waals surface area (Å²) in [5, 5.41) is 3.35. The number of fused-ring (bicyclic) bond motifs is 2. The van der Waals surface area contributed by atoms with E-state index in [1.165, 1.54) is 10.9 Å². The van der Waals surface area contributed by atoms with Crippen LogP contribution in [0.5, 0.6) is 5.75 Å². The second kappa shape index (κ2) is 8.03. The van der Waals surface area contributed by atoms with Crippen molar-refractivity contribution in [2.24, 2.45) is 0 Å². The number of pyridine rings is 1. The lowest BCUT2D eigenvalue weighted by Gasteiger charge is -2.19. The molecule has 150 valence electrons. The van der Waals surface area contributed by atoms with Gasteiger partial charge in [0.2, 0.25) is 5.91 Å². The molecule has 0 spiro atoms. The zero-order valence-electron chi connectivity index (χ0n) is 16.6. The number of amides is 1. The van der Waals surface area contributed by atoms with Gasteiger partial charge in [0.05, 0.1) is 12.5 Å². The van der Waals surface area contributed by atoms with Crippen LogP contribution in [-0.2, 0) is 17.6 Å². The largest absolute Gasteiger partial charge is 0.497 e. The molecule has 1 N–H and O–H groups in total. The second-order valence-corrected chi connectivity index (χ2v) is 7.27. The molecule has 0 aliphatic heterocycles. The van der Waals surface area contributed by atoms with Gasteiger partial charge in [0.25, 0.3) is 5.56 Å². The third kappa shape index (κ3) is 3.72. The fraction of sp³-hybridized carbons (Fsp3) is 0.364. The maximum Gasteiger partial charge on any atom is 0.263 e. The number of methoxy groups -OCH3 is 1. The van der Waals surface area contributed by atoms with E-state index in [-0.39, 0.29) is 11.5 Å². The van der Waals surface area contributed by atoms with Gasteiger partial charge < -0.3 is 10.1 Å². The number of aromatic nitrogens is 3. The van der Waals surface area contributed by atoms with E-state index in [0.717, 1.165) is 36.9 Å². The van der Waals surface area contributed by atoms with Gasteiger partial charge in [-0.3, -0.25) is 14.2 Å². The van der Waals surface area contributed by atoms with Crippen molar-refractivity contribution in [1.29, 1.82) is 0 Å². The van der Waals surface area contributed by atoms with Crippen LogP contribution in [0.15, 0.2) is 41.5 Å². The number of benzene rings is 1. The highest BCUT2D eigenvalue weighted by Crippen LogP contribution is 2.22. The third-order valence-electron chi connectivity index (χ3n) is 5.43. The molecule has 0 bridgehead atoms. The summed E-state index contributed by atoms with van der Waals surface area (Å²) in [4.78, 5) is 35.0. The molecule has 3 aromatic rings. The van der Waals surface area contributed by atoms with Crippen molar-refractivity contribution < 1.29 is 9.53 Å². The van der Waals surface area contributed by atoms with Gasteiger partial charge in [-0.25, -0.2) is 9.97 Å². The van der Waals surface area contributed by atoms with Crippen molar-refractivity contribution in [2.75, 3.05) is 12.4 Å². The Morgan fingerprint density at radius 2 is 2.00 bits per heavy atom. The summed E-state index contributed by atoms with van der Waals surface area (Å²) in [6.07, 6.45) is 5.99. The SMILES string of the molecule is CC[C@@H](C(=O)Nc1ccc(OC)cc1)n1cnc2nc3c(cc2c1=O)CCCC3. The van der Waals surface area contributed by atoms with Crippen LogP contribution in [0.3, 0.4) is 0 Å². The molecule has 1 aliphatic rings. The number of aryl methyl sites for hydroxylation is 2. The van der Waals surface area contributed by atoms with E-state index in [1.54, 1.807) is 31.4 Å². The van der Waals surface area contributed by atoms with Crippen molar-refractivity contribution in [1.82, 2.24) is 14.5 Å². The summed E-state index contributed by atoms with van der Waals surface area (Å²) in [5.74, 6) is 0.452. The first-order valence-corrected chi connectivity index (χ1v) is 9.95. The highest BCUT2D eigenvalue weighted by atomic mass is 16.5. The predicted octanol–water partition coefficient (Wildman–Crippen LogP) is 3.27. The van der Waals surface area contributed by atoms with Crippen molar-refractivity contribution in [3.05, 3.63) is 58.3 Å². The molecule has 29 heavy (non-hydrogen) atoms. The van der Waals surface area contributed by atoms with E-state index < -0.39 is 6.04 Å². The lowest BCUT2D eigenvalue weighted by atomic mass is 9.95. The smallest absolute Gasteiger partial charge is 0.263 e. The summed E-state index contributed by atoms with van der Waals surface area (Å²) in [5.41, 5.74) is 3.03. The standard InChI is InChI=1S/C22H24N4O3/c1-3-19(21(27)24-15-8-10-16(29-2)11-9-15)26-13-23-20-17(22(26)28)12-14-6-4-5-7-18(14)25-20/h8-13,19H,3-7H2,1-2H3,(H,24,27)/t19-/m0/s1. The van der Waals surface area contributed by atoms with E-state index in [1.807, 2.05) is 13.0 Å². The van der Waals surface area contributed by atoms with E-state index in [2.05, 4.69) is 15.3 Å². The number of nitrogens with zero attached hydrogens (tertiary/aromatic N) is 3. The van der Waals surface area contributed by atoms with Gasteiger partial charge in [-0.1, -0.05) is 6.92 Å². The van der Waals surface area contributed by atoms with Crippen molar-refractivity contribution in [2.45, 2.75) is 45.1 Å². The Bertz CT molecular complexity index is 1110. The van der Waals surface area contributed by atoms with Crippen LogP contribution in [0.4, 0.5) is 5.69 Å². The molecular formula is C22H24N4O3. The monoisotopic (exact) mass is 392 g/mol. The van der Waals surface area contributed by atoms with Gasteiger partial charge in [0.15, 0.2) is 5.65 Å². The molecular weight excluding hydrogens is 368 g/mol. The number of hydrogen-bond acceptors (Lipinski definition) is 5. The van der Waals surface area contributed by atoms with Gasteiger partial charge in [0.1, 0.15) is 18.1 Å². The van der Waals surface area contributed by atoms with Gasteiger partial charge >= 0.3 is 0 Å². The number of carbonyl (C=O) groups is 1. The number of rotatable bonds is 5. The Kier molecular flexibility index (Phi) is 5.29. The molecule has 7 nitrogen and oxygen atoms in total. The van der Waals surface area contributed by atoms with Crippen LogP contribution in [0, 0.1) is 0 Å². The third-order valence-corrected chi connectivity index (χ3v) is 5.43. The lowest BCUT2D eigenvalue weighted by molar-refractivity contribution is -0.119. The first kappa shape index (κ1) is 19.1. The highest BCUT2D eigenvalue weighted by molar-refractivity contribution is 5.94. The summed E-state index contributed by atoms with van der Waals surface area (Å²) in [6.45, 7) is 1.88. The molecule has 7 heteroatoms. The molecule has 0 fully saturated rings. The van der Waals surface area contributed by atoms with Gasteiger partial charge in [-0.2, -0.15) is 0 Å². The topological polar surface area (TPSA) is 86.1 Å². The van der Waals surface area contributed by atoms with Gasteiger partial charge in [0, 0.05) is 11.4 Å². The van der Waals surface area contributed by atoms with Crippen LogP contribution < -0.4 is 15.6 Å². The predicted molar refractivity (Wildman–Crippen MR) is 111 cm³/mol. The highest BCUT2D eigenvalue weighted by Gasteiger charge is 2.22. The van der Waals surface area contributed by atoms with E-state index >= 15 is 0 Å². The first-order chi connectivity index (χ1) is 14.1. The average Bonchev–Trinajstić information content (AvgIpc) is 2.75. The number of hydrogen-bond donors (Lipinski definition) is 1. The van der Waals surface area contributed by atoms with E-state index in [0.29, 0.717) is 28.9 Å².